The Kier molecular flexibility index (Phi) is 6.57. The van der Waals surface area contributed by atoms with Crippen LogP contribution in [-0.2, 0) is 0 Å². The Morgan fingerprint density at radius 3 is 2.67 bits per heavy atom. The SMILES string of the molecule is CC(C)NC(C)(C#N)CCCCOc1cc(F)ccc1F. The van der Waals surface area contributed by atoms with E-state index in [1.165, 1.54) is 0 Å². The van der Waals surface area contributed by atoms with Gasteiger partial charge in [-0.25, -0.2) is 8.78 Å². The summed E-state index contributed by atoms with van der Waals surface area (Å²) < 4.78 is 31.5. The average molecular weight is 296 g/mol. The summed E-state index contributed by atoms with van der Waals surface area (Å²) in [5, 5.41) is 12.4. The first-order valence-electron chi connectivity index (χ1n) is 7.13. The smallest absolute Gasteiger partial charge is 0.165 e. The monoisotopic (exact) mass is 296 g/mol. The molecule has 1 N–H and O–H groups in total. The molecule has 0 aliphatic carbocycles. The fourth-order valence-corrected chi connectivity index (χ4v) is 2.15. The molecule has 0 spiro atoms. The van der Waals surface area contributed by atoms with Gasteiger partial charge in [0.1, 0.15) is 11.4 Å². The normalized spacial score (nSPS) is 13.8. The van der Waals surface area contributed by atoms with Crippen LogP contribution < -0.4 is 10.1 Å². The second-order valence-corrected chi connectivity index (χ2v) is 5.62. The first-order valence-corrected chi connectivity index (χ1v) is 7.13. The van der Waals surface area contributed by atoms with Crippen LogP contribution in [0.15, 0.2) is 18.2 Å². The molecule has 1 rings (SSSR count). The standard InChI is InChI=1S/C16H22F2N2O/c1-12(2)20-16(3,11-19)8-4-5-9-21-15-10-13(17)6-7-14(15)18/h6-7,10,12,20H,4-5,8-9H2,1-3H3. The number of nitrogens with one attached hydrogen (secondary N) is 1. The molecule has 5 heteroatoms. The van der Waals surface area contributed by atoms with Gasteiger partial charge in [-0.2, -0.15) is 5.26 Å². The van der Waals surface area contributed by atoms with E-state index < -0.39 is 17.2 Å². The zero-order chi connectivity index (χ0) is 15.9. The van der Waals surface area contributed by atoms with Crippen molar-refractivity contribution >= 4 is 0 Å². The highest BCUT2D eigenvalue weighted by Crippen LogP contribution is 2.19. The van der Waals surface area contributed by atoms with Crippen molar-refractivity contribution in [2.45, 2.75) is 51.6 Å². The largest absolute Gasteiger partial charge is 0.490 e. The molecule has 21 heavy (non-hydrogen) atoms. The second-order valence-electron chi connectivity index (χ2n) is 5.62. The number of ether oxygens (including phenoxy) is 1. The molecular weight excluding hydrogens is 274 g/mol. The molecule has 0 bridgehead atoms. The molecule has 0 aliphatic rings. The fraction of sp³-hybridized carbons (Fsp3) is 0.562. The Morgan fingerprint density at radius 1 is 1.33 bits per heavy atom. The summed E-state index contributed by atoms with van der Waals surface area (Å²) in [6, 6.07) is 5.64. The zero-order valence-corrected chi connectivity index (χ0v) is 12.7. The van der Waals surface area contributed by atoms with Gasteiger partial charge >= 0.3 is 0 Å². The molecular formula is C16H22F2N2O. The molecule has 3 nitrogen and oxygen atoms in total. The zero-order valence-electron chi connectivity index (χ0n) is 12.7. The molecule has 116 valence electrons. The van der Waals surface area contributed by atoms with Gasteiger partial charge in [0.15, 0.2) is 11.6 Å². The van der Waals surface area contributed by atoms with E-state index in [1.54, 1.807) is 0 Å². The third-order valence-electron chi connectivity index (χ3n) is 3.08. The van der Waals surface area contributed by atoms with Crippen LogP contribution in [0.1, 0.15) is 40.0 Å². The maximum atomic E-state index is 13.3. The molecule has 1 aromatic rings. The van der Waals surface area contributed by atoms with E-state index in [2.05, 4.69) is 11.4 Å². The minimum absolute atomic E-state index is 0.0710. The first-order chi connectivity index (χ1) is 9.86. The van der Waals surface area contributed by atoms with E-state index in [0.29, 0.717) is 19.4 Å². The number of benzene rings is 1. The number of nitrogens with zero attached hydrogens (tertiary/aromatic N) is 1. The minimum Gasteiger partial charge on any atom is -0.490 e. The molecule has 0 aromatic heterocycles. The number of hydrogen-bond donors (Lipinski definition) is 1. The van der Waals surface area contributed by atoms with Crippen LogP contribution in [0.25, 0.3) is 0 Å². The van der Waals surface area contributed by atoms with Gasteiger partial charge < -0.3 is 4.74 Å². The van der Waals surface area contributed by atoms with Crippen molar-refractivity contribution in [2.75, 3.05) is 6.61 Å². The van der Waals surface area contributed by atoms with Crippen LogP contribution in [-0.4, -0.2) is 18.2 Å². The Bertz CT molecular complexity index is 500. The number of halogens is 2. The predicted molar refractivity (Wildman–Crippen MR) is 78.0 cm³/mol. The predicted octanol–water partition coefficient (Wildman–Crippen LogP) is 3.79. The van der Waals surface area contributed by atoms with Crippen molar-refractivity contribution in [3.05, 3.63) is 29.8 Å². The summed E-state index contributed by atoms with van der Waals surface area (Å²) in [7, 11) is 0. The maximum absolute atomic E-state index is 13.3. The molecule has 1 atom stereocenters. The minimum atomic E-state index is -0.571. The lowest BCUT2D eigenvalue weighted by Gasteiger charge is -2.25. The lowest BCUT2D eigenvalue weighted by Crippen LogP contribution is -2.44. The summed E-state index contributed by atoms with van der Waals surface area (Å²) in [6.07, 6.45) is 2.12. The number of nitriles is 1. The molecule has 0 saturated heterocycles. The Hall–Kier alpha value is -1.67. The highest BCUT2D eigenvalue weighted by atomic mass is 19.1. The Morgan fingerprint density at radius 2 is 2.05 bits per heavy atom. The van der Waals surface area contributed by atoms with E-state index in [-0.39, 0.29) is 11.8 Å². The Labute approximate surface area is 124 Å². The van der Waals surface area contributed by atoms with Gasteiger partial charge in [0.05, 0.1) is 12.7 Å². The number of rotatable bonds is 8. The van der Waals surface area contributed by atoms with Crippen LogP contribution in [0.2, 0.25) is 0 Å². The summed E-state index contributed by atoms with van der Waals surface area (Å²) in [6.45, 7) is 6.14. The van der Waals surface area contributed by atoms with Crippen LogP contribution in [0.5, 0.6) is 5.75 Å². The molecule has 1 unspecified atom stereocenters. The van der Waals surface area contributed by atoms with Crippen molar-refractivity contribution in [1.29, 1.82) is 5.26 Å². The van der Waals surface area contributed by atoms with Crippen LogP contribution in [0.3, 0.4) is 0 Å². The van der Waals surface area contributed by atoms with Gasteiger partial charge in [0.2, 0.25) is 0 Å². The van der Waals surface area contributed by atoms with Crippen LogP contribution >= 0.6 is 0 Å². The van der Waals surface area contributed by atoms with Gasteiger partial charge in [-0.05, 0) is 52.2 Å². The summed E-state index contributed by atoms with van der Waals surface area (Å²) in [5.41, 5.74) is -0.571. The van der Waals surface area contributed by atoms with Crippen LogP contribution in [0.4, 0.5) is 8.78 Å². The Balaban J connectivity index is 2.34. The third-order valence-corrected chi connectivity index (χ3v) is 3.08. The van der Waals surface area contributed by atoms with Gasteiger partial charge in [0.25, 0.3) is 0 Å². The quantitative estimate of drug-likeness (QED) is 0.742. The summed E-state index contributed by atoms with van der Waals surface area (Å²) >= 11 is 0. The number of hydrogen-bond acceptors (Lipinski definition) is 3. The number of unbranched alkanes of at least 4 members (excludes halogenated alkanes) is 1. The fourth-order valence-electron chi connectivity index (χ4n) is 2.15. The van der Waals surface area contributed by atoms with Crippen molar-refractivity contribution in [1.82, 2.24) is 5.32 Å². The van der Waals surface area contributed by atoms with Crippen LogP contribution in [0, 0.1) is 23.0 Å². The van der Waals surface area contributed by atoms with Gasteiger partial charge in [-0.15, -0.1) is 0 Å². The highest BCUT2D eigenvalue weighted by molar-refractivity contribution is 5.24. The van der Waals surface area contributed by atoms with Crippen molar-refractivity contribution in [2.24, 2.45) is 0 Å². The van der Waals surface area contributed by atoms with Crippen molar-refractivity contribution in [3.8, 4) is 11.8 Å². The van der Waals surface area contributed by atoms with E-state index in [0.717, 1.165) is 24.6 Å². The van der Waals surface area contributed by atoms with E-state index in [9.17, 15) is 14.0 Å². The summed E-state index contributed by atoms with van der Waals surface area (Å²) in [5.74, 6) is -1.16. The van der Waals surface area contributed by atoms with Gasteiger partial charge in [0, 0.05) is 12.1 Å². The van der Waals surface area contributed by atoms with E-state index in [4.69, 9.17) is 4.74 Å². The molecule has 0 radical (unpaired) electrons. The van der Waals surface area contributed by atoms with E-state index >= 15 is 0 Å². The van der Waals surface area contributed by atoms with Gasteiger partial charge in [-0.1, -0.05) is 0 Å². The average Bonchev–Trinajstić information content (AvgIpc) is 2.41. The molecule has 0 amide bonds. The highest BCUT2D eigenvalue weighted by Gasteiger charge is 2.23. The molecule has 0 heterocycles. The molecule has 0 aliphatic heterocycles. The molecule has 0 saturated carbocycles. The van der Waals surface area contributed by atoms with Gasteiger partial charge in [-0.3, -0.25) is 5.32 Å². The lowest BCUT2D eigenvalue weighted by atomic mass is 9.96. The maximum Gasteiger partial charge on any atom is 0.165 e. The molecule has 1 aromatic carbocycles. The summed E-state index contributed by atoms with van der Waals surface area (Å²) in [4.78, 5) is 0. The van der Waals surface area contributed by atoms with E-state index in [1.807, 2.05) is 20.8 Å². The topological polar surface area (TPSA) is 45.0 Å². The van der Waals surface area contributed by atoms with Crippen molar-refractivity contribution in [3.63, 3.8) is 0 Å². The van der Waals surface area contributed by atoms with Crippen molar-refractivity contribution < 1.29 is 13.5 Å². The lowest BCUT2D eigenvalue weighted by molar-refractivity contribution is 0.279. The first kappa shape index (κ1) is 17.4. The second kappa shape index (κ2) is 7.94. The third kappa shape index (κ3) is 6.09. The molecule has 0 fully saturated rings.